The molecule has 2 atom stereocenters. The minimum atomic E-state index is -4.51. The molecule has 0 saturated heterocycles. The third-order valence-corrected chi connectivity index (χ3v) is 11.5. The third-order valence-electron chi connectivity index (χ3n) is 5.96. The molecule has 0 rings (SSSR count). The summed E-state index contributed by atoms with van der Waals surface area (Å²) in [7, 11) is -5.08. The van der Waals surface area contributed by atoms with E-state index in [2.05, 4.69) is 39.1 Å². The van der Waals surface area contributed by atoms with E-state index in [1.54, 1.807) is 24.6 Å². The molecule has 0 aromatic heterocycles. The number of phosphoric acid groups is 1. The second-order valence-corrected chi connectivity index (χ2v) is 14.5. The Morgan fingerprint density at radius 1 is 0.767 bits per heavy atom. The standard InChI is InChI=1S/C16H36P.C8H19O4P/c1-5-9-13-17(14-10-6-2,15-11-7-3)16-12-8-4;1-3-5-6-8(4-2)7-12-13(9,10)11/h5-16H2,1-4H3;8H,3-7H2,1-2H3,(H2,9,10,11)/q+1;/p-1. The summed E-state index contributed by atoms with van der Waals surface area (Å²) >= 11 is 0. The maximum Gasteiger partial charge on any atom is 0.265 e. The Balaban J connectivity index is 0. The van der Waals surface area contributed by atoms with Gasteiger partial charge in [-0.15, -0.1) is 0 Å². The smallest absolute Gasteiger partial charge is 0.265 e. The molecule has 0 radical (unpaired) electrons. The van der Waals surface area contributed by atoms with Gasteiger partial charge in [0.15, 0.2) is 0 Å². The van der Waals surface area contributed by atoms with Crippen molar-refractivity contribution in [2.45, 2.75) is 119 Å². The summed E-state index contributed by atoms with van der Waals surface area (Å²) in [6, 6.07) is 0. The van der Waals surface area contributed by atoms with Crippen LogP contribution in [0.4, 0.5) is 0 Å². The van der Waals surface area contributed by atoms with Crippen molar-refractivity contribution in [3.05, 3.63) is 0 Å². The van der Waals surface area contributed by atoms with E-state index >= 15 is 0 Å². The summed E-state index contributed by atoms with van der Waals surface area (Å²) in [5.41, 5.74) is 0. The van der Waals surface area contributed by atoms with Crippen LogP contribution < -0.4 is 4.89 Å². The molecule has 0 saturated carbocycles. The van der Waals surface area contributed by atoms with Gasteiger partial charge in [0.25, 0.3) is 7.82 Å². The fraction of sp³-hybridized carbons (Fsp3) is 1.00. The van der Waals surface area contributed by atoms with Gasteiger partial charge >= 0.3 is 0 Å². The van der Waals surface area contributed by atoms with E-state index < -0.39 is 15.1 Å². The van der Waals surface area contributed by atoms with Crippen LogP contribution in [0.25, 0.3) is 0 Å². The molecule has 184 valence electrons. The van der Waals surface area contributed by atoms with Gasteiger partial charge in [0.05, 0.1) is 31.3 Å². The van der Waals surface area contributed by atoms with Crippen LogP contribution in [0, 0.1) is 5.92 Å². The first-order valence-electron chi connectivity index (χ1n) is 12.8. The van der Waals surface area contributed by atoms with Crippen molar-refractivity contribution in [2.75, 3.05) is 31.3 Å². The van der Waals surface area contributed by atoms with Crippen LogP contribution in [0.3, 0.4) is 0 Å². The maximum atomic E-state index is 10.3. The van der Waals surface area contributed by atoms with Gasteiger partial charge < -0.3 is 14.3 Å². The molecule has 0 aromatic carbocycles. The summed E-state index contributed by atoms with van der Waals surface area (Å²) in [5.74, 6) is 0.231. The van der Waals surface area contributed by atoms with Crippen molar-refractivity contribution < 1.29 is 18.9 Å². The van der Waals surface area contributed by atoms with Gasteiger partial charge in [0, 0.05) is 7.26 Å². The summed E-state index contributed by atoms with van der Waals surface area (Å²) in [6.45, 7) is 13.6. The minimum Gasteiger partial charge on any atom is -0.756 e. The third kappa shape index (κ3) is 20.4. The zero-order valence-corrected chi connectivity index (χ0v) is 23.0. The van der Waals surface area contributed by atoms with Gasteiger partial charge in [0.2, 0.25) is 0 Å². The van der Waals surface area contributed by atoms with Crippen LogP contribution >= 0.6 is 15.1 Å². The quantitative estimate of drug-likeness (QED) is 0.196. The molecule has 0 aliphatic rings. The first-order chi connectivity index (χ1) is 14.2. The first-order valence-corrected chi connectivity index (χ1v) is 16.8. The fourth-order valence-corrected chi connectivity index (χ4v) is 9.43. The lowest BCUT2D eigenvalue weighted by molar-refractivity contribution is -0.220. The van der Waals surface area contributed by atoms with Gasteiger partial charge in [-0.25, -0.2) is 0 Å². The molecule has 1 N–H and O–H groups in total. The van der Waals surface area contributed by atoms with Crippen LogP contribution in [0.15, 0.2) is 0 Å². The van der Waals surface area contributed by atoms with E-state index in [0.717, 1.165) is 25.7 Å². The molecule has 0 bridgehead atoms. The molecule has 0 amide bonds. The summed E-state index contributed by atoms with van der Waals surface area (Å²) in [5, 5.41) is 0. The number of hydrogen-bond acceptors (Lipinski definition) is 3. The van der Waals surface area contributed by atoms with E-state index in [-0.39, 0.29) is 12.5 Å². The van der Waals surface area contributed by atoms with Crippen molar-refractivity contribution in [2.24, 2.45) is 5.92 Å². The molecule has 0 heterocycles. The summed E-state index contributed by atoms with van der Waals surface area (Å²) in [6.07, 6.45) is 21.9. The van der Waals surface area contributed by atoms with Crippen LogP contribution in [0.1, 0.15) is 119 Å². The van der Waals surface area contributed by atoms with E-state index in [4.69, 9.17) is 4.89 Å². The number of rotatable bonds is 19. The zero-order valence-electron chi connectivity index (χ0n) is 21.2. The molecule has 0 aliphatic heterocycles. The Morgan fingerprint density at radius 3 is 1.40 bits per heavy atom. The Labute approximate surface area is 189 Å². The van der Waals surface area contributed by atoms with Gasteiger partial charge in [-0.3, -0.25) is 4.57 Å². The Bertz CT molecular complexity index is 361. The normalized spacial score (nSPS) is 14.7. The average Bonchev–Trinajstić information content (AvgIpc) is 2.72. The topological polar surface area (TPSA) is 69.6 Å². The maximum absolute atomic E-state index is 10.3. The predicted octanol–water partition coefficient (Wildman–Crippen LogP) is 7.88. The highest BCUT2D eigenvalue weighted by atomic mass is 31.2. The van der Waals surface area contributed by atoms with Gasteiger partial charge in [-0.2, -0.15) is 0 Å². The monoisotopic (exact) mass is 468 g/mol. The second-order valence-electron chi connectivity index (χ2n) is 8.83. The molecular weight excluding hydrogens is 414 g/mol. The lowest BCUT2D eigenvalue weighted by Crippen LogP contribution is -2.12. The van der Waals surface area contributed by atoms with Gasteiger partial charge in [-0.05, 0) is 38.0 Å². The van der Waals surface area contributed by atoms with Gasteiger partial charge in [-0.1, -0.05) is 86.5 Å². The molecule has 0 fully saturated rings. The average molecular weight is 469 g/mol. The molecule has 30 heavy (non-hydrogen) atoms. The molecule has 2 unspecified atom stereocenters. The van der Waals surface area contributed by atoms with Crippen molar-refractivity contribution in [1.82, 2.24) is 0 Å². The van der Waals surface area contributed by atoms with E-state index in [1.807, 2.05) is 6.92 Å². The minimum absolute atomic E-state index is 0.105. The lowest BCUT2D eigenvalue weighted by Gasteiger charge is -2.28. The Kier molecular flexibility index (Phi) is 23.3. The van der Waals surface area contributed by atoms with Crippen molar-refractivity contribution >= 4 is 15.1 Å². The second kappa shape index (κ2) is 21.4. The molecule has 0 spiro atoms. The van der Waals surface area contributed by atoms with E-state index in [9.17, 15) is 9.46 Å². The Hall–Kier alpha value is 0.540. The largest absolute Gasteiger partial charge is 0.756 e. The number of unbranched alkanes of at least 4 members (excludes halogenated alkanes) is 5. The van der Waals surface area contributed by atoms with E-state index in [0.29, 0.717) is 0 Å². The van der Waals surface area contributed by atoms with E-state index in [1.165, 1.54) is 51.4 Å². The molecule has 0 aromatic rings. The fourth-order valence-electron chi connectivity index (χ4n) is 3.74. The van der Waals surface area contributed by atoms with Crippen molar-refractivity contribution in [3.63, 3.8) is 0 Å². The Morgan fingerprint density at radius 2 is 1.13 bits per heavy atom. The highest BCUT2D eigenvalue weighted by molar-refractivity contribution is 7.75. The highest BCUT2D eigenvalue weighted by Gasteiger charge is 2.34. The number of hydrogen-bond donors (Lipinski definition) is 1. The summed E-state index contributed by atoms with van der Waals surface area (Å²) in [4.78, 5) is 18.7. The molecule has 0 aliphatic carbocycles. The predicted molar refractivity (Wildman–Crippen MR) is 135 cm³/mol. The van der Waals surface area contributed by atoms with Crippen LogP contribution in [-0.2, 0) is 9.09 Å². The SMILES string of the molecule is CCCCC(CC)COP(=O)([O-])O.CCCC[P+](CCCC)(CCCC)CCCC. The number of phosphoric ester groups is 1. The zero-order chi connectivity index (χ0) is 23.3. The molecule has 6 heteroatoms. The summed E-state index contributed by atoms with van der Waals surface area (Å²) < 4.78 is 14.6. The van der Waals surface area contributed by atoms with Crippen molar-refractivity contribution in [1.29, 1.82) is 0 Å². The van der Waals surface area contributed by atoms with Crippen molar-refractivity contribution in [3.8, 4) is 0 Å². The van der Waals surface area contributed by atoms with Crippen LogP contribution in [0.5, 0.6) is 0 Å². The first kappa shape index (κ1) is 32.7. The highest BCUT2D eigenvalue weighted by Crippen LogP contribution is 2.61. The van der Waals surface area contributed by atoms with Crippen LogP contribution in [0.2, 0.25) is 0 Å². The molecular formula is C24H54O4P2. The lowest BCUT2D eigenvalue weighted by atomic mass is 10.0. The van der Waals surface area contributed by atoms with Crippen LogP contribution in [-0.4, -0.2) is 36.1 Å². The van der Waals surface area contributed by atoms with Gasteiger partial charge in [0.1, 0.15) is 0 Å². The molecule has 4 nitrogen and oxygen atoms in total.